The number of hydrogen-bond donors (Lipinski definition) is 2. The number of para-hydroxylation sites is 1. The molecule has 0 aliphatic heterocycles. The van der Waals surface area contributed by atoms with Crippen molar-refractivity contribution in [3.63, 3.8) is 0 Å². The number of rotatable bonds is 6. The molecular formula is C25H19F3N2O5. The fourth-order valence-corrected chi connectivity index (χ4v) is 3.43. The lowest BCUT2D eigenvalue weighted by atomic mass is 10.1. The molecule has 10 heteroatoms. The lowest BCUT2D eigenvalue weighted by molar-refractivity contribution is -0.137. The third kappa shape index (κ3) is 4.91. The van der Waals surface area contributed by atoms with Gasteiger partial charge in [0.05, 0.1) is 25.5 Å². The van der Waals surface area contributed by atoms with E-state index >= 15 is 0 Å². The minimum Gasteiger partial charge on any atom is -0.497 e. The van der Waals surface area contributed by atoms with E-state index in [0.717, 1.165) is 18.2 Å². The van der Waals surface area contributed by atoms with Gasteiger partial charge in [-0.05, 0) is 42.5 Å². The van der Waals surface area contributed by atoms with Gasteiger partial charge in [-0.2, -0.15) is 13.2 Å². The highest BCUT2D eigenvalue weighted by Crippen LogP contribution is 2.35. The van der Waals surface area contributed by atoms with Crippen LogP contribution < -0.4 is 20.1 Å². The first-order valence-electron chi connectivity index (χ1n) is 10.2. The Morgan fingerprint density at radius 3 is 2.34 bits per heavy atom. The number of halogens is 3. The number of carbonyl (C=O) groups excluding carboxylic acids is 2. The molecule has 0 aliphatic carbocycles. The summed E-state index contributed by atoms with van der Waals surface area (Å²) in [5.41, 5.74) is -0.555. The van der Waals surface area contributed by atoms with E-state index in [4.69, 9.17) is 13.9 Å². The first-order valence-corrected chi connectivity index (χ1v) is 10.2. The third-order valence-corrected chi connectivity index (χ3v) is 5.15. The quantitative estimate of drug-likeness (QED) is 0.352. The first kappa shape index (κ1) is 23.7. The van der Waals surface area contributed by atoms with Crippen LogP contribution >= 0.6 is 0 Å². The van der Waals surface area contributed by atoms with Crippen LogP contribution in [0.1, 0.15) is 26.5 Å². The zero-order chi connectivity index (χ0) is 25.2. The molecule has 0 spiro atoms. The van der Waals surface area contributed by atoms with Gasteiger partial charge in [0.2, 0.25) is 5.76 Å². The number of ether oxygens (including phenoxy) is 2. The lowest BCUT2D eigenvalue weighted by Gasteiger charge is -2.12. The molecule has 0 radical (unpaired) electrons. The highest BCUT2D eigenvalue weighted by Gasteiger charge is 2.31. The molecule has 0 bridgehead atoms. The molecule has 0 saturated heterocycles. The number of furan rings is 1. The Labute approximate surface area is 197 Å². The molecule has 1 aromatic heterocycles. The predicted molar refractivity (Wildman–Crippen MR) is 123 cm³/mol. The van der Waals surface area contributed by atoms with Gasteiger partial charge >= 0.3 is 6.18 Å². The summed E-state index contributed by atoms with van der Waals surface area (Å²) >= 11 is 0. The van der Waals surface area contributed by atoms with Gasteiger partial charge in [-0.1, -0.05) is 18.2 Å². The molecule has 3 aromatic carbocycles. The van der Waals surface area contributed by atoms with Gasteiger partial charge in [0.1, 0.15) is 22.8 Å². The topological polar surface area (TPSA) is 89.8 Å². The number of alkyl halides is 3. The predicted octanol–water partition coefficient (Wildman–Crippen LogP) is 5.97. The summed E-state index contributed by atoms with van der Waals surface area (Å²) in [4.78, 5) is 26.0. The van der Waals surface area contributed by atoms with E-state index in [1.54, 1.807) is 42.5 Å². The monoisotopic (exact) mass is 484 g/mol. The van der Waals surface area contributed by atoms with Crippen molar-refractivity contribution in [1.82, 2.24) is 0 Å². The molecule has 0 saturated carbocycles. The van der Waals surface area contributed by atoms with Crippen LogP contribution in [0.25, 0.3) is 11.0 Å². The van der Waals surface area contributed by atoms with Crippen LogP contribution in [0.3, 0.4) is 0 Å². The minimum atomic E-state index is -4.61. The van der Waals surface area contributed by atoms with E-state index in [1.165, 1.54) is 20.3 Å². The molecule has 4 rings (SSSR count). The molecule has 0 aliphatic rings. The van der Waals surface area contributed by atoms with Gasteiger partial charge in [0, 0.05) is 17.0 Å². The Kier molecular flexibility index (Phi) is 6.37. The molecule has 0 fully saturated rings. The van der Waals surface area contributed by atoms with Crippen molar-refractivity contribution in [2.45, 2.75) is 6.18 Å². The van der Waals surface area contributed by atoms with Crippen LogP contribution in [-0.4, -0.2) is 26.0 Å². The highest BCUT2D eigenvalue weighted by atomic mass is 19.4. The Morgan fingerprint density at radius 2 is 1.63 bits per heavy atom. The van der Waals surface area contributed by atoms with E-state index in [1.807, 2.05) is 0 Å². The standard InChI is InChI=1S/C25H19F3N2O5/c1-33-16-10-11-18(20(13-16)34-2)29-24(32)22-21(17-8-3-4-9-19(17)35-22)30-23(31)14-6-5-7-15(12-14)25(26,27)28/h3-13H,1-2H3,(H,29,32)(H,30,31). The summed E-state index contributed by atoms with van der Waals surface area (Å²) in [6, 6.07) is 15.3. The normalized spacial score (nSPS) is 11.2. The second-order valence-corrected chi connectivity index (χ2v) is 7.36. The summed E-state index contributed by atoms with van der Waals surface area (Å²) in [7, 11) is 2.91. The Hall–Kier alpha value is -4.47. The maximum absolute atomic E-state index is 13.1. The number of amides is 2. The molecule has 4 aromatic rings. The fraction of sp³-hybridized carbons (Fsp3) is 0.120. The van der Waals surface area contributed by atoms with Gasteiger partial charge in [-0.3, -0.25) is 9.59 Å². The lowest BCUT2D eigenvalue weighted by Crippen LogP contribution is -2.18. The molecule has 2 amide bonds. The van der Waals surface area contributed by atoms with Crippen molar-refractivity contribution in [3.8, 4) is 11.5 Å². The molecule has 35 heavy (non-hydrogen) atoms. The molecule has 180 valence electrons. The summed E-state index contributed by atoms with van der Waals surface area (Å²) in [5, 5.41) is 5.59. The molecule has 0 atom stereocenters. The summed E-state index contributed by atoms with van der Waals surface area (Å²) in [6.45, 7) is 0. The smallest absolute Gasteiger partial charge is 0.416 e. The SMILES string of the molecule is COc1ccc(NC(=O)c2oc3ccccc3c2NC(=O)c2cccc(C(F)(F)F)c2)c(OC)c1. The Bertz CT molecular complexity index is 1410. The van der Waals surface area contributed by atoms with Crippen LogP contribution in [0.4, 0.5) is 24.5 Å². The van der Waals surface area contributed by atoms with Crippen molar-refractivity contribution >= 4 is 34.2 Å². The zero-order valence-corrected chi connectivity index (χ0v) is 18.5. The second kappa shape index (κ2) is 9.41. The van der Waals surface area contributed by atoms with Gasteiger partial charge in [-0.15, -0.1) is 0 Å². The largest absolute Gasteiger partial charge is 0.497 e. The average molecular weight is 484 g/mol. The molecule has 1 heterocycles. The molecule has 0 unspecified atom stereocenters. The second-order valence-electron chi connectivity index (χ2n) is 7.36. The van der Waals surface area contributed by atoms with Crippen molar-refractivity contribution in [1.29, 1.82) is 0 Å². The number of nitrogens with one attached hydrogen (secondary N) is 2. The Morgan fingerprint density at radius 1 is 0.857 bits per heavy atom. The van der Waals surface area contributed by atoms with Crippen molar-refractivity contribution in [2.75, 3.05) is 24.9 Å². The molecule has 2 N–H and O–H groups in total. The fourth-order valence-electron chi connectivity index (χ4n) is 3.43. The minimum absolute atomic E-state index is 0.0213. The average Bonchev–Trinajstić information content (AvgIpc) is 3.22. The maximum atomic E-state index is 13.1. The maximum Gasteiger partial charge on any atom is 0.416 e. The Balaban J connectivity index is 1.69. The summed E-state index contributed by atoms with van der Waals surface area (Å²) in [5.74, 6) is -0.937. The van der Waals surface area contributed by atoms with Gasteiger partial charge in [0.15, 0.2) is 0 Å². The van der Waals surface area contributed by atoms with E-state index in [-0.39, 0.29) is 17.0 Å². The van der Waals surface area contributed by atoms with Crippen LogP contribution in [0.5, 0.6) is 11.5 Å². The van der Waals surface area contributed by atoms with Crippen LogP contribution in [0.15, 0.2) is 71.1 Å². The van der Waals surface area contributed by atoms with Crippen molar-refractivity contribution < 1.29 is 36.7 Å². The number of carbonyl (C=O) groups is 2. The van der Waals surface area contributed by atoms with E-state index in [9.17, 15) is 22.8 Å². The van der Waals surface area contributed by atoms with Gasteiger partial charge < -0.3 is 24.5 Å². The highest BCUT2D eigenvalue weighted by molar-refractivity contribution is 6.17. The van der Waals surface area contributed by atoms with Crippen LogP contribution in [0.2, 0.25) is 0 Å². The van der Waals surface area contributed by atoms with E-state index in [2.05, 4.69) is 10.6 Å². The van der Waals surface area contributed by atoms with Crippen molar-refractivity contribution in [3.05, 3.63) is 83.6 Å². The number of methoxy groups -OCH3 is 2. The molecule has 7 nitrogen and oxygen atoms in total. The van der Waals surface area contributed by atoms with Gasteiger partial charge in [-0.25, -0.2) is 0 Å². The number of anilines is 2. The number of hydrogen-bond acceptors (Lipinski definition) is 5. The van der Waals surface area contributed by atoms with Crippen LogP contribution in [-0.2, 0) is 6.18 Å². The first-order chi connectivity index (χ1) is 16.7. The van der Waals surface area contributed by atoms with E-state index < -0.39 is 23.6 Å². The van der Waals surface area contributed by atoms with E-state index in [0.29, 0.717) is 28.2 Å². The van der Waals surface area contributed by atoms with Crippen molar-refractivity contribution in [2.24, 2.45) is 0 Å². The number of benzene rings is 3. The van der Waals surface area contributed by atoms with Gasteiger partial charge in [0.25, 0.3) is 11.8 Å². The molecular weight excluding hydrogens is 465 g/mol. The third-order valence-electron chi connectivity index (χ3n) is 5.15. The summed E-state index contributed by atoms with van der Waals surface area (Å²) < 4.78 is 55.4. The number of fused-ring (bicyclic) bond motifs is 1. The zero-order valence-electron chi connectivity index (χ0n) is 18.5. The van der Waals surface area contributed by atoms with Crippen LogP contribution in [0, 0.1) is 0 Å². The summed E-state index contributed by atoms with van der Waals surface area (Å²) in [6.07, 6.45) is -4.61.